The predicted molar refractivity (Wildman–Crippen MR) is 83.4 cm³/mol. The molecule has 1 atom stereocenters. The minimum absolute atomic E-state index is 0.0150. The van der Waals surface area contributed by atoms with Crippen molar-refractivity contribution in [2.75, 3.05) is 5.32 Å². The SMILES string of the molecule is CCCC(N)CC(=O)Nc1cc(S(N)(=O)=O)cc(C)c1C. The Morgan fingerprint density at radius 3 is 2.48 bits per heavy atom. The number of aryl methyl sites for hydroxylation is 1. The highest BCUT2D eigenvalue weighted by molar-refractivity contribution is 7.89. The van der Waals surface area contributed by atoms with Crippen LogP contribution in [-0.4, -0.2) is 20.4 Å². The summed E-state index contributed by atoms with van der Waals surface area (Å²) >= 11 is 0. The first kappa shape index (κ1) is 17.6. The summed E-state index contributed by atoms with van der Waals surface area (Å²) in [5.74, 6) is -0.231. The van der Waals surface area contributed by atoms with Crippen molar-refractivity contribution in [1.29, 1.82) is 0 Å². The van der Waals surface area contributed by atoms with Crippen molar-refractivity contribution in [2.24, 2.45) is 10.9 Å². The molecule has 0 aliphatic heterocycles. The summed E-state index contributed by atoms with van der Waals surface area (Å²) in [6, 6.07) is 2.67. The molecule has 0 fully saturated rings. The lowest BCUT2D eigenvalue weighted by atomic mass is 10.1. The van der Waals surface area contributed by atoms with Crippen LogP contribution in [0.1, 0.15) is 37.3 Å². The van der Waals surface area contributed by atoms with Gasteiger partial charge in [-0.15, -0.1) is 0 Å². The number of hydrogen-bond donors (Lipinski definition) is 3. The van der Waals surface area contributed by atoms with Gasteiger partial charge < -0.3 is 11.1 Å². The van der Waals surface area contributed by atoms with E-state index in [4.69, 9.17) is 10.9 Å². The Morgan fingerprint density at radius 2 is 1.95 bits per heavy atom. The standard InChI is InChI=1S/C14H23N3O3S/c1-4-5-11(15)7-14(18)17-13-8-12(21(16,19)20)6-9(2)10(13)3/h6,8,11H,4-5,7,15H2,1-3H3,(H,17,18)(H2,16,19,20). The first-order chi connectivity index (χ1) is 9.65. The molecule has 5 N–H and O–H groups in total. The van der Waals surface area contributed by atoms with Crippen molar-refractivity contribution < 1.29 is 13.2 Å². The van der Waals surface area contributed by atoms with Crippen LogP contribution in [0.4, 0.5) is 5.69 Å². The third kappa shape index (κ3) is 5.11. The molecule has 0 aliphatic rings. The fourth-order valence-electron chi connectivity index (χ4n) is 2.03. The monoisotopic (exact) mass is 313 g/mol. The topological polar surface area (TPSA) is 115 Å². The van der Waals surface area contributed by atoms with Crippen LogP contribution in [0.25, 0.3) is 0 Å². The van der Waals surface area contributed by atoms with Crippen molar-refractivity contribution in [2.45, 2.75) is 51.0 Å². The van der Waals surface area contributed by atoms with Gasteiger partial charge in [0.2, 0.25) is 15.9 Å². The summed E-state index contributed by atoms with van der Waals surface area (Å²) in [7, 11) is -3.81. The molecular formula is C14H23N3O3S. The van der Waals surface area contributed by atoms with Crippen LogP contribution in [0.2, 0.25) is 0 Å². The van der Waals surface area contributed by atoms with Crippen LogP contribution >= 0.6 is 0 Å². The van der Waals surface area contributed by atoms with Crippen LogP contribution in [0.3, 0.4) is 0 Å². The molecule has 0 saturated heterocycles. The van der Waals surface area contributed by atoms with E-state index in [0.29, 0.717) is 5.69 Å². The van der Waals surface area contributed by atoms with Gasteiger partial charge >= 0.3 is 0 Å². The summed E-state index contributed by atoms with van der Waals surface area (Å²) in [6.45, 7) is 5.58. The molecule has 118 valence electrons. The zero-order valence-electron chi connectivity index (χ0n) is 12.6. The van der Waals surface area contributed by atoms with Crippen LogP contribution in [0.5, 0.6) is 0 Å². The van der Waals surface area contributed by atoms with E-state index in [1.807, 2.05) is 13.8 Å². The molecule has 1 aromatic carbocycles. The largest absolute Gasteiger partial charge is 0.327 e. The fourth-order valence-corrected chi connectivity index (χ4v) is 2.66. The third-order valence-electron chi connectivity index (χ3n) is 3.35. The summed E-state index contributed by atoms with van der Waals surface area (Å²) in [5, 5.41) is 7.85. The lowest BCUT2D eigenvalue weighted by Gasteiger charge is -2.14. The normalized spacial score (nSPS) is 13.0. The molecule has 1 amide bonds. The Hall–Kier alpha value is -1.44. The van der Waals surface area contributed by atoms with Gasteiger partial charge in [0.1, 0.15) is 0 Å². The van der Waals surface area contributed by atoms with Crippen LogP contribution < -0.4 is 16.2 Å². The van der Waals surface area contributed by atoms with E-state index in [-0.39, 0.29) is 23.3 Å². The molecule has 7 heteroatoms. The summed E-state index contributed by atoms with van der Waals surface area (Å²) < 4.78 is 22.9. The van der Waals surface area contributed by atoms with E-state index >= 15 is 0 Å². The van der Waals surface area contributed by atoms with Gasteiger partial charge in [0, 0.05) is 18.2 Å². The van der Waals surface area contributed by atoms with Gasteiger partial charge in [0.25, 0.3) is 0 Å². The van der Waals surface area contributed by atoms with Crippen molar-refractivity contribution in [3.63, 3.8) is 0 Å². The number of nitrogens with one attached hydrogen (secondary N) is 1. The molecule has 21 heavy (non-hydrogen) atoms. The van der Waals surface area contributed by atoms with Gasteiger partial charge in [-0.25, -0.2) is 13.6 Å². The number of amides is 1. The quantitative estimate of drug-likeness (QED) is 0.736. The number of rotatable bonds is 6. The van der Waals surface area contributed by atoms with Crippen LogP contribution in [0, 0.1) is 13.8 Å². The van der Waals surface area contributed by atoms with E-state index < -0.39 is 10.0 Å². The summed E-state index contributed by atoms with van der Waals surface area (Å²) in [4.78, 5) is 11.9. The molecule has 1 unspecified atom stereocenters. The maximum atomic E-state index is 12.0. The van der Waals surface area contributed by atoms with Crippen molar-refractivity contribution in [3.05, 3.63) is 23.3 Å². The van der Waals surface area contributed by atoms with E-state index in [2.05, 4.69) is 5.32 Å². The lowest BCUT2D eigenvalue weighted by Crippen LogP contribution is -2.27. The fraction of sp³-hybridized carbons (Fsp3) is 0.500. The highest BCUT2D eigenvalue weighted by Gasteiger charge is 2.15. The van der Waals surface area contributed by atoms with Gasteiger partial charge in [0.05, 0.1) is 4.90 Å². The molecule has 0 saturated carbocycles. The Labute approximate surface area is 126 Å². The molecule has 0 heterocycles. The Kier molecular flexibility index (Phi) is 5.88. The minimum Gasteiger partial charge on any atom is -0.327 e. The van der Waals surface area contributed by atoms with Crippen molar-refractivity contribution in [1.82, 2.24) is 0 Å². The van der Waals surface area contributed by atoms with Gasteiger partial charge in [0.15, 0.2) is 0 Å². The molecule has 1 aromatic rings. The molecular weight excluding hydrogens is 290 g/mol. The maximum Gasteiger partial charge on any atom is 0.238 e. The first-order valence-electron chi connectivity index (χ1n) is 6.84. The van der Waals surface area contributed by atoms with E-state index in [1.165, 1.54) is 12.1 Å². The summed E-state index contributed by atoms with van der Waals surface area (Å²) in [6.07, 6.45) is 1.88. The van der Waals surface area contributed by atoms with Crippen molar-refractivity contribution >= 4 is 21.6 Å². The average Bonchev–Trinajstić information content (AvgIpc) is 2.33. The Bertz CT molecular complexity index is 627. The number of sulfonamides is 1. The second-order valence-electron chi connectivity index (χ2n) is 5.26. The molecule has 1 rings (SSSR count). The Morgan fingerprint density at radius 1 is 1.33 bits per heavy atom. The maximum absolute atomic E-state index is 12.0. The number of nitrogens with two attached hydrogens (primary N) is 2. The number of carbonyl (C=O) groups excluding carboxylic acids is 1. The Balaban J connectivity index is 2.98. The smallest absolute Gasteiger partial charge is 0.238 e. The van der Waals surface area contributed by atoms with E-state index in [1.54, 1.807) is 6.92 Å². The molecule has 0 spiro atoms. The van der Waals surface area contributed by atoms with E-state index in [0.717, 1.165) is 24.0 Å². The van der Waals surface area contributed by atoms with Crippen LogP contribution in [-0.2, 0) is 14.8 Å². The number of anilines is 1. The van der Waals surface area contributed by atoms with Gasteiger partial charge in [-0.05, 0) is 43.5 Å². The molecule has 6 nitrogen and oxygen atoms in total. The van der Waals surface area contributed by atoms with Gasteiger partial charge in [-0.2, -0.15) is 0 Å². The van der Waals surface area contributed by atoms with Crippen LogP contribution in [0.15, 0.2) is 17.0 Å². The third-order valence-corrected chi connectivity index (χ3v) is 4.24. The van der Waals surface area contributed by atoms with E-state index in [9.17, 15) is 13.2 Å². The zero-order chi connectivity index (χ0) is 16.2. The predicted octanol–water partition coefficient (Wildman–Crippen LogP) is 1.41. The number of benzene rings is 1. The number of carbonyl (C=O) groups is 1. The summed E-state index contributed by atoms with van der Waals surface area (Å²) in [5.41, 5.74) is 7.83. The highest BCUT2D eigenvalue weighted by Crippen LogP contribution is 2.23. The second kappa shape index (κ2) is 7.02. The van der Waals surface area contributed by atoms with Gasteiger partial charge in [-0.3, -0.25) is 4.79 Å². The lowest BCUT2D eigenvalue weighted by molar-refractivity contribution is -0.116. The zero-order valence-corrected chi connectivity index (χ0v) is 13.5. The molecule has 0 bridgehead atoms. The average molecular weight is 313 g/mol. The number of hydrogen-bond acceptors (Lipinski definition) is 4. The highest BCUT2D eigenvalue weighted by atomic mass is 32.2. The molecule has 0 aliphatic carbocycles. The first-order valence-corrected chi connectivity index (χ1v) is 8.39. The molecule has 0 radical (unpaired) electrons. The minimum atomic E-state index is -3.81. The number of primary sulfonamides is 1. The molecule has 0 aromatic heterocycles. The van der Waals surface area contributed by atoms with Gasteiger partial charge in [-0.1, -0.05) is 13.3 Å². The second-order valence-corrected chi connectivity index (χ2v) is 6.82. The van der Waals surface area contributed by atoms with Crippen molar-refractivity contribution in [3.8, 4) is 0 Å².